The third-order valence-corrected chi connectivity index (χ3v) is 3.10. The second-order valence-corrected chi connectivity index (χ2v) is 4.45. The monoisotopic (exact) mass is 248 g/mol. The van der Waals surface area contributed by atoms with Crippen molar-refractivity contribution in [1.29, 1.82) is 0 Å². The highest BCUT2D eigenvalue weighted by molar-refractivity contribution is 5.74. The van der Waals surface area contributed by atoms with Crippen molar-refractivity contribution in [2.24, 2.45) is 0 Å². The molecule has 1 fully saturated rings. The molecule has 1 heterocycles. The summed E-state index contributed by atoms with van der Waals surface area (Å²) >= 11 is 0. The van der Waals surface area contributed by atoms with Crippen LogP contribution in [0.2, 0.25) is 0 Å². The van der Waals surface area contributed by atoms with E-state index in [-0.39, 0.29) is 12.3 Å². The van der Waals surface area contributed by atoms with Crippen LogP contribution in [0, 0.1) is 0 Å². The van der Waals surface area contributed by atoms with Gasteiger partial charge in [0.05, 0.1) is 0 Å². The van der Waals surface area contributed by atoms with Crippen molar-refractivity contribution in [1.82, 2.24) is 10.2 Å². The van der Waals surface area contributed by atoms with Gasteiger partial charge in [-0.15, -0.1) is 0 Å². The number of hydrogen-bond acceptors (Lipinski definition) is 2. The van der Waals surface area contributed by atoms with Gasteiger partial charge >= 0.3 is 6.03 Å². The summed E-state index contributed by atoms with van der Waals surface area (Å²) in [6.45, 7) is 4.05. The van der Waals surface area contributed by atoms with Crippen LogP contribution in [0.1, 0.15) is 25.3 Å². The van der Waals surface area contributed by atoms with Crippen LogP contribution in [0.4, 0.5) is 4.79 Å². The largest absolute Gasteiger partial charge is 0.358 e. The third-order valence-electron chi connectivity index (χ3n) is 3.10. The lowest BCUT2D eigenvalue weighted by Gasteiger charge is -2.23. The number of carbonyl (C=O) groups is 1. The van der Waals surface area contributed by atoms with Crippen LogP contribution < -0.4 is 5.32 Å². The van der Waals surface area contributed by atoms with Crippen LogP contribution in [0.15, 0.2) is 30.3 Å². The van der Waals surface area contributed by atoms with Crippen molar-refractivity contribution in [2.45, 2.75) is 32.5 Å². The van der Waals surface area contributed by atoms with E-state index in [9.17, 15) is 4.79 Å². The lowest BCUT2D eigenvalue weighted by atomic mass is 10.2. The Morgan fingerprint density at radius 1 is 1.44 bits per heavy atom. The van der Waals surface area contributed by atoms with Crippen molar-refractivity contribution in [3.05, 3.63) is 35.9 Å². The Labute approximate surface area is 108 Å². The molecular formula is C14H20N2O2. The number of carbonyl (C=O) groups excluding carboxylic acids is 1. The molecule has 1 aromatic rings. The molecule has 0 bridgehead atoms. The first-order valence-corrected chi connectivity index (χ1v) is 6.50. The fraction of sp³-hybridized carbons (Fsp3) is 0.500. The average molecular weight is 248 g/mol. The number of hydrogen-bond donors (Lipinski definition) is 1. The van der Waals surface area contributed by atoms with Crippen molar-refractivity contribution in [2.75, 3.05) is 13.2 Å². The van der Waals surface area contributed by atoms with E-state index in [2.05, 4.69) is 5.32 Å². The lowest BCUT2D eigenvalue weighted by Crippen LogP contribution is -2.44. The number of nitrogens with one attached hydrogen (secondary N) is 1. The summed E-state index contributed by atoms with van der Waals surface area (Å²) in [6, 6.07) is 9.96. The highest BCUT2D eigenvalue weighted by Gasteiger charge is 2.20. The fourth-order valence-electron chi connectivity index (χ4n) is 2.05. The van der Waals surface area contributed by atoms with Gasteiger partial charge in [-0.25, -0.2) is 4.79 Å². The zero-order valence-electron chi connectivity index (χ0n) is 10.8. The van der Waals surface area contributed by atoms with Crippen LogP contribution in [0.3, 0.4) is 0 Å². The first-order valence-electron chi connectivity index (χ1n) is 6.50. The van der Waals surface area contributed by atoms with E-state index >= 15 is 0 Å². The first kappa shape index (κ1) is 12.9. The molecule has 1 unspecified atom stereocenters. The Kier molecular flexibility index (Phi) is 4.59. The molecule has 4 heteroatoms. The van der Waals surface area contributed by atoms with Gasteiger partial charge in [0.1, 0.15) is 6.23 Å². The summed E-state index contributed by atoms with van der Waals surface area (Å²) in [5.74, 6) is 0. The van der Waals surface area contributed by atoms with Gasteiger partial charge in [0.15, 0.2) is 0 Å². The second kappa shape index (κ2) is 6.40. The summed E-state index contributed by atoms with van der Waals surface area (Å²) in [5, 5.41) is 2.91. The maximum absolute atomic E-state index is 12.1. The van der Waals surface area contributed by atoms with Crippen molar-refractivity contribution in [3.63, 3.8) is 0 Å². The SMILES string of the molecule is CCN(Cc1ccccc1)C(=O)NC1CCCO1. The molecular weight excluding hydrogens is 228 g/mol. The molecule has 4 nitrogen and oxygen atoms in total. The molecule has 2 rings (SSSR count). The fourth-order valence-corrected chi connectivity index (χ4v) is 2.05. The number of nitrogens with zero attached hydrogens (tertiary/aromatic N) is 1. The highest BCUT2D eigenvalue weighted by Crippen LogP contribution is 2.10. The number of amides is 2. The molecule has 2 amide bonds. The standard InChI is InChI=1S/C14H20N2O2/c1-2-16(11-12-7-4-3-5-8-12)14(17)15-13-9-6-10-18-13/h3-5,7-8,13H,2,6,9-11H2,1H3,(H,15,17). The molecule has 0 aliphatic carbocycles. The average Bonchev–Trinajstić information content (AvgIpc) is 2.90. The molecule has 1 aliphatic rings. The van der Waals surface area contributed by atoms with E-state index < -0.39 is 0 Å². The summed E-state index contributed by atoms with van der Waals surface area (Å²) < 4.78 is 5.41. The number of ether oxygens (including phenoxy) is 1. The van der Waals surface area contributed by atoms with Crippen LogP contribution in [0.5, 0.6) is 0 Å². The number of benzene rings is 1. The zero-order valence-corrected chi connectivity index (χ0v) is 10.8. The van der Waals surface area contributed by atoms with E-state index in [1.54, 1.807) is 4.90 Å². The molecule has 1 atom stereocenters. The normalized spacial score (nSPS) is 18.6. The van der Waals surface area contributed by atoms with Crippen LogP contribution in [-0.2, 0) is 11.3 Å². The van der Waals surface area contributed by atoms with E-state index in [1.165, 1.54) is 0 Å². The van der Waals surface area contributed by atoms with Crippen LogP contribution >= 0.6 is 0 Å². The van der Waals surface area contributed by atoms with E-state index in [0.29, 0.717) is 13.1 Å². The van der Waals surface area contributed by atoms with Gasteiger partial charge < -0.3 is 15.0 Å². The second-order valence-electron chi connectivity index (χ2n) is 4.45. The van der Waals surface area contributed by atoms with Crippen molar-refractivity contribution >= 4 is 6.03 Å². The maximum Gasteiger partial charge on any atom is 0.319 e. The Balaban J connectivity index is 1.89. The van der Waals surface area contributed by atoms with Gasteiger partial charge in [0.25, 0.3) is 0 Å². The molecule has 0 radical (unpaired) electrons. The molecule has 0 spiro atoms. The lowest BCUT2D eigenvalue weighted by molar-refractivity contribution is 0.0834. The molecule has 0 saturated carbocycles. The molecule has 1 aromatic carbocycles. The Morgan fingerprint density at radius 2 is 2.22 bits per heavy atom. The predicted molar refractivity (Wildman–Crippen MR) is 70.0 cm³/mol. The minimum absolute atomic E-state index is 0.0479. The van der Waals surface area contributed by atoms with Gasteiger partial charge in [0, 0.05) is 19.7 Å². The Hall–Kier alpha value is -1.55. The smallest absolute Gasteiger partial charge is 0.319 e. The summed E-state index contributed by atoms with van der Waals surface area (Å²) in [4.78, 5) is 13.9. The highest BCUT2D eigenvalue weighted by atomic mass is 16.5. The van der Waals surface area contributed by atoms with E-state index in [1.807, 2.05) is 37.3 Å². The number of urea groups is 1. The summed E-state index contributed by atoms with van der Waals surface area (Å²) in [5.41, 5.74) is 1.14. The van der Waals surface area contributed by atoms with Gasteiger partial charge in [0.2, 0.25) is 0 Å². The zero-order chi connectivity index (χ0) is 12.8. The maximum atomic E-state index is 12.1. The summed E-state index contributed by atoms with van der Waals surface area (Å²) in [7, 11) is 0. The van der Waals surface area contributed by atoms with Gasteiger partial charge in [-0.3, -0.25) is 0 Å². The molecule has 18 heavy (non-hydrogen) atoms. The molecule has 1 aliphatic heterocycles. The Bertz CT molecular complexity index is 375. The van der Waals surface area contributed by atoms with E-state index in [0.717, 1.165) is 25.0 Å². The van der Waals surface area contributed by atoms with Crippen molar-refractivity contribution in [3.8, 4) is 0 Å². The topological polar surface area (TPSA) is 41.6 Å². The molecule has 98 valence electrons. The minimum atomic E-state index is -0.109. The summed E-state index contributed by atoms with van der Waals surface area (Å²) in [6.07, 6.45) is 1.83. The predicted octanol–water partition coefficient (Wildman–Crippen LogP) is 2.35. The van der Waals surface area contributed by atoms with Crippen LogP contribution in [0.25, 0.3) is 0 Å². The molecule has 0 aromatic heterocycles. The van der Waals surface area contributed by atoms with Gasteiger partial charge in [-0.05, 0) is 25.3 Å². The van der Waals surface area contributed by atoms with E-state index in [4.69, 9.17) is 4.74 Å². The Morgan fingerprint density at radius 3 is 2.83 bits per heavy atom. The van der Waals surface area contributed by atoms with Crippen molar-refractivity contribution < 1.29 is 9.53 Å². The molecule has 1 saturated heterocycles. The molecule has 1 N–H and O–H groups in total. The van der Waals surface area contributed by atoms with Crippen LogP contribution in [-0.4, -0.2) is 30.3 Å². The third kappa shape index (κ3) is 3.47. The minimum Gasteiger partial charge on any atom is -0.358 e. The number of rotatable bonds is 4. The first-order chi connectivity index (χ1) is 8.79. The van der Waals surface area contributed by atoms with Gasteiger partial charge in [-0.2, -0.15) is 0 Å². The van der Waals surface area contributed by atoms with Gasteiger partial charge in [-0.1, -0.05) is 30.3 Å². The quantitative estimate of drug-likeness (QED) is 0.888.